The molecule has 0 aliphatic carbocycles. The van der Waals surface area contributed by atoms with Gasteiger partial charge in [0.2, 0.25) is 0 Å². The minimum absolute atomic E-state index is 0.158. The van der Waals surface area contributed by atoms with Gasteiger partial charge >= 0.3 is 0 Å². The largest absolute Gasteiger partial charge is 0.493 e. The van der Waals surface area contributed by atoms with Crippen LogP contribution in [0.4, 0.5) is 4.39 Å². The lowest BCUT2D eigenvalue weighted by Gasteiger charge is -2.15. The highest BCUT2D eigenvalue weighted by Crippen LogP contribution is 2.34. The Labute approximate surface area is 156 Å². The molecule has 1 unspecified atom stereocenters. The predicted octanol–water partition coefficient (Wildman–Crippen LogP) is 4.19. The van der Waals surface area contributed by atoms with Crippen molar-refractivity contribution in [2.24, 2.45) is 0 Å². The van der Waals surface area contributed by atoms with Crippen LogP contribution in [0, 0.1) is 5.82 Å². The van der Waals surface area contributed by atoms with Gasteiger partial charge in [-0.15, -0.1) is 0 Å². The lowest BCUT2D eigenvalue weighted by atomic mass is 10.2. The highest BCUT2D eigenvalue weighted by atomic mass is 35.5. The molecule has 0 amide bonds. The van der Waals surface area contributed by atoms with E-state index < -0.39 is 11.9 Å². The van der Waals surface area contributed by atoms with Gasteiger partial charge in [0.25, 0.3) is 0 Å². The minimum Gasteiger partial charge on any atom is -0.493 e. The molecule has 2 aromatic rings. The fourth-order valence-electron chi connectivity index (χ4n) is 2.19. The molecule has 2 rings (SSSR count). The van der Waals surface area contributed by atoms with Crippen LogP contribution < -0.4 is 14.8 Å². The van der Waals surface area contributed by atoms with Crippen molar-refractivity contribution < 1.29 is 19.0 Å². The first-order chi connectivity index (χ1) is 11.9. The molecule has 0 bridgehead atoms. The Morgan fingerprint density at radius 1 is 1.12 bits per heavy atom. The van der Waals surface area contributed by atoms with E-state index in [4.69, 9.17) is 32.7 Å². The fraction of sp³-hybridized carbons (Fsp3) is 0.333. The summed E-state index contributed by atoms with van der Waals surface area (Å²) in [5.74, 6) is 0.590. The number of hydrogen-bond donors (Lipinski definition) is 2. The van der Waals surface area contributed by atoms with Gasteiger partial charge in [-0.2, -0.15) is 0 Å². The van der Waals surface area contributed by atoms with Gasteiger partial charge in [0, 0.05) is 29.7 Å². The zero-order valence-corrected chi connectivity index (χ0v) is 15.5. The summed E-state index contributed by atoms with van der Waals surface area (Å²) in [5, 5.41) is 13.2. The van der Waals surface area contributed by atoms with Crippen molar-refractivity contribution in [3.8, 4) is 11.5 Å². The first kappa shape index (κ1) is 19.8. The lowest BCUT2D eigenvalue weighted by molar-refractivity contribution is 0.191. The Kier molecular flexibility index (Phi) is 7.32. The van der Waals surface area contributed by atoms with Crippen LogP contribution in [0.5, 0.6) is 11.5 Å². The van der Waals surface area contributed by atoms with Crippen LogP contribution in [0.1, 0.15) is 18.1 Å². The average molecular weight is 388 g/mol. The first-order valence-corrected chi connectivity index (χ1v) is 8.48. The number of aliphatic hydroxyl groups is 1. The monoisotopic (exact) mass is 387 g/mol. The van der Waals surface area contributed by atoms with Crippen LogP contribution in [0.25, 0.3) is 0 Å². The summed E-state index contributed by atoms with van der Waals surface area (Å²) in [6.07, 6.45) is -0.441. The van der Waals surface area contributed by atoms with Gasteiger partial charge in [-0.25, -0.2) is 4.39 Å². The number of rotatable bonds is 8. The summed E-state index contributed by atoms with van der Waals surface area (Å²) < 4.78 is 24.2. The normalized spacial score (nSPS) is 12.1. The van der Waals surface area contributed by atoms with E-state index in [-0.39, 0.29) is 6.61 Å². The second kappa shape index (κ2) is 9.25. The van der Waals surface area contributed by atoms with E-state index in [1.807, 2.05) is 0 Å². The molecule has 136 valence electrons. The smallest absolute Gasteiger partial charge is 0.163 e. The molecule has 0 aromatic heterocycles. The van der Waals surface area contributed by atoms with Gasteiger partial charge in [0.15, 0.2) is 11.5 Å². The van der Waals surface area contributed by atoms with Gasteiger partial charge < -0.3 is 19.9 Å². The molecule has 0 radical (unpaired) electrons. The third kappa shape index (κ3) is 5.75. The maximum Gasteiger partial charge on any atom is 0.163 e. The Hall–Kier alpha value is -1.53. The molecular formula is C18H20Cl2FNO3. The topological polar surface area (TPSA) is 50.7 Å². The molecule has 7 heteroatoms. The van der Waals surface area contributed by atoms with Crippen molar-refractivity contribution in [1.29, 1.82) is 0 Å². The van der Waals surface area contributed by atoms with Gasteiger partial charge in [-0.3, -0.25) is 0 Å². The van der Waals surface area contributed by atoms with Crippen LogP contribution in [-0.4, -0.2) is 24.9 Å². The summed E-state index contributed by atoms with van der Waals surface area (Å²) in [7, 11) is 1.54. The third-order valence-corrected chi connectivity index (χ3v) is 4.19. The summed E-state index contributed by atoms with van der Waals surface area (Å²) in [6, 6.07) is 7.57. The molecule has 0 fully saturated rings. The van der Waals surface area contributed by atoms with E-state index in [9.17, 15) is 9.50 Å². The van der Waals surface area contributed by atoms with Crippen LogP contribution >= 0.6 is 23.2 Å². The van der Waals surface area contributed by atoms with Crippen molar-refractivity contribution in [3.05, 3.63) is 57.3 Å². The number of ether oxygens (including phenoxy) is 2. The predicted molar refractivity (Wildman–Crippen MR) is 97.1 cm³/mol. The van der Waals surface area contributed by atoms with Gasteiger partial charge in [-0.1, -0.05) is 29.3 Å². The lowest BCUT2D eigenvalue weighted by Crippen LogP contribution is -2.24. The third-order valence-electron chi connectivity index (χ3n) is 3.49. The molecule has 0 heterocycles. The zero-order chi connectivity index (χ0) is 18.4. The van der Waals surface area contributed by atoms with Crippen LogP contribution in [0.3, 0.4) is 0 Å². The molecule has 0 spiro atoms. The number of nitrogens with one attached hydrogen (secondary N) is 1. The van der Waals surface area contributed by atoms with E-state index in [0.717, 1.165) is 5.56 Å². The Bertz CT molecular complexity index is 726. The summed E-state index contributed by atoms with van der Waals surface area (Å²) in [5.41, 5.74) is 1.48. The minimum atomic E-state index is -0.441. The van der Waals surface area contributed by atoms with Gasteiger partial charge in [-0.05, 0) is 30.7 Å². The standard InChI is InChI=1S/C18H20Cl2FNO3/c1-11(23)8-22-9-13-5-17(24-2)18(7-16(13)20)25-10-12-3-4-14(21)6-15(12)19/h3-7,11,22-23H,8-10H2,1-2H3. The Balaban J connectivity index is 2.10. The fourth-order valence-corrected chi connectivity index (χ4v) is 2.64. The number of hydrogen-bond acceptors (Lipinski definition) is 4. The molecule has 4 nitrogen and oxygen atoms in total. The summed E-state index contributed by atoms with van der Waals surface area (Å²) in [4.78, 5) is 0. The first-order valence-electron chi connectivity index (χ1n) is 7.72. The average Bonchev–Trinajstić information content (AvgIpc) is 2.55. The van der Waals surface area contributed by atoms with Gasteiger partial charge in [0.05, 0.1) is 18.2 Å². The number of aliphatic hydroxyl groups excluding tert-OH is 1. The van der Waals surface area contributed by atoms with E-state index in [2.05, 4.69) is 5.32 Å². The number of benzene rings is 2. The molecule has 2 N–H and O–H groups in total. The highest BCUT2D eigenvalue weighted by molar-refractivity contribution is 6.31. The number of methoxy groups -OCH3 is 1. The second-order valence-electron chi connectivity index (χ2n) is 5.60. The van der Waals surface area contributed by atoms with Crippen LogP contribution in [0.15, 0.2) is 30.3 Å². The van der Waals surface area contributed by atoms with Crippen molar-refractivity contribution in [2.45, 2.75) is 26.2 Å². The summed E-state index contributed by atoms with van der Waals surface area (Å²) in [6.45, 7) is 2.81. The second-order valence-corrected chi connectivity index (χ2v) is 6.41. The van der Waals surface area contributed by atoms with Crippen molar-refractivity contribution in [2.75, 3.05) is 13.7 Å². The van der Waals surface area contributed by atoms with E-state index in [1.54, 1.807) is 25.1 Å². The van der Waals surface area contributed by atoms with Gasteiger partial charge in [0.1, 0.15) is 12.4 Å². The highest BCUT2D eigenvalue weighted by Gasteiger charge is 2.12. The quantitative estimate of drug-likeness (QED) is 0.712. The molecule has 1 atom stereocenters. The maximum atomic E-state index is 13.1. The van der Waals surface area contributed by atoms with Crippen molar-refractivity contribution >= 4 is 23.2 Å². The zero-order valence-electron chi connectivity index (χ0n) is 14.0. The van der Waals surface area contributed by atoms with E-state index in [1.165, 1.54) is 19.2 Å². The SMILES string of the molecule is COc1cc(CNCC(C)O)c(Cl)cc1OCc1ccc(F)cc1Cl. The molecular weight excluding hydrogens is 368 g/mol. The van der Waals surface area contributed by atoms with Crippen LogP contribution in [-0.2, 0) is 13.2 Å². The van der Waals surface area contributed by atoms with Crippen molar-refractivity contribution in [3.63, 3.8) is 0 Å². The summed E-state index contributed by atoms with van der Waals surface area (Å²) >= 11 is 12.3. The Morgan fingerprint density at radius 3 is 2.48 bits per heavy atom. The van der Waals surface area contributed by atoms with Crippen LogP contribution in [0.2, 0.25) is 10.0 Å². The van der Waals surface area contributed by atoms with E-state index >= 15 is 0 Å². The number of halogens is 3. The van der Waals surface area contributed by atoms with E-state index in [0.29, 0.717) is 40.2 Å². The Morgan fingerprint density at radius 2 is 1.84 bits per heavy atom. The molecule has 0 saturated carbocycles. The molecule has 0 aliphatic rings. The molecule has 2 aromatic carbocycles. The maximum absolute atomic E-state index is 13.1. The molecule has 25 heavy (non-hydrogen) atoms. The van der Waals surface area contributed by atoms with Crippen molar-refractivity contribution in [1.82, 2.24) is 5.32 Å². The molecule has 0 saturated heterocycles. The molecule has 0 aliphatic heterocycles.